The molecule has 3 rings (SSSR count). The van der Waals surface area contributed by atoms with Gasteiger partial charge >= 0.3 is 5.97 Å². The number of carbonyl (C=O) groups is 2. The summed E-state index contributed by atoms with van der Waals surface area (Å²) in [6, 6.07) is 7.71. The summed E-state index contributed by atoms with van der Waals surface area (Å²) in [5.74, 6) is -1.65. The van der Waals surface area contributed by atoms with Crippen LogP contribution in [0, 0.1) is 17.0 Å². The maximum atomic E-state index is 13.0. The first-order valence-corrected chi connectivity index (χ1v) is 11.9. The van der Waals surface area contributed by atoms with Crippen molar-refractivity contribution in [3.8, 4) is 0 Å². The van der Waals surface area contributed by atoms with Crippen LogP contribution in [0.3, 0.4) is 0 Å². The number of nitro groups is 1. The van der Waals surface area contributed by atoms with Crippen LogP contribution in [-0.2, 0) is 19.6 Å². The third-order valence-corrected chi connectivity index (χ3v) is 7.50. The highest BCUT2D eigenvalue weighted by atomic mass is 35.5. The Kier molecular flexibility index (Phi) is 7.67. The Morgan fingerprint density at radius 1 is 1.15 bits per heavy atom. The monoisotopic (exact) mass is 495 g/mol. The van der Waals surface area contributed by atoms with Gasteiger partial charge in [-0.3, -0.25) is 14.9 Å². The molecular weight excluding hydrogens is 474 g/mol. The highest BCUT2D eigenvalue weighted by molar-refractivity contribution is 7.89. The van der Waals surface area contributed by atoms with Gasteiger partial charge in [-0.05, 0) is 43.5 Å². The van der Waals surface area contributed by atoms with E-state index in [0.29, 0.717) is 18.7 Å². The van der Waals surface area contributed by atoms with E-state index in [0.717, 1.165) is 25.3 Å². The number of hydrogen-bond acceptors (Lipinski definition) is 7. The molecule has 176 valence electrons. The Hall–Kier alpha value is -3.02. The van der Waals surface area contributed by atoms with Crippen LogP contribution >= 0.6 is 11.6 Å². The smallest absolute Gasteiger partial charge is 0.338 e. The molecule has 1 fully saturated rings. The first-order chi connectivity index (χ1) is 15.6. The van der Waals surface area contributed by atoms with Gasteiger partial charge in [0.2, 0.25) is 10.0 Å². The van der Waals surface area contributed by atoms with Gasteiger partial charge in [-0.15, -0.1) is 0 Å². The molecule has 0 saturated carbocycles. The van der Waals surface area contributed by atoms with E-state index >= 15 is 0 Å². The minimum atomic E-state index is -3.76. The normalized spacial score (nSPS) is 14.5. The van der Waals surface area contributed by atoms with Gasteiger partial charge in [0.1, 0.15) is 0 Å². The fourth-order valence-electron chi connectivity index (χ4n) is 3.37. The molecule has 1 N–H and O–H groups in total. The molecule has 12 heteroatoms. The van der Waals surface area contributed by atoms with Crippen LogP contribution in [0.5, 0.6) is 0 Å². The Morgan fingerprint density at radius 2 is 1.85 bits per heavy atom. The largest absolute Gasteiger partial charge is 0.452 e. The van der Waals surface area contributed by atoms with Crippen molar-refractivity contribution in [1.82, 2.24) is 4.31 Å². The summed E-state index contributed by atoms with van der Waals surface area (Å²) in [6.45, 7) is 1.80. The molecule has 0 aliphatic carbocycles. The Bertz CT molecular complexity index is 1190. The van der Waals surface area contributed by atoms with E-state index in [9.17, 15) is 28.1 Å². The maximum Gasteiger partial charge on any atom is 0.338 e. The minimum Gasteiger partial charge on any atom is -0.452 e. The van der Waals surface area contributed by atoms with Crippen molar-refractivity contribution in [3.63, 3.8) is 0 Å². The molecule has 0 aromatic heterocycles. The van der Waals surface area contributed by atoms with Crippen molar-refractivity contribution in [2.24, 2.45) is 0 Å². The Morgan fingerprint density at radius 3 is 2.52 bits per heavy atom. The second kappa shape index (κ2) is 10.3. The van der Waals surface area contributed by atoms with Crippen molar-refractivity contribution < 1.29 is 27.7 Å². The van der Waals surface area contributed by atoms with Crippen LogP contribution in [0.2, 0.25) is 5.02 Å². The number of hydrogen-bond donors (Lipinski definition) is 1. The Balaban J connectivity index is 1.68. The number of nitrogens with zero attached hydrogens (tertiary/aromatic N) is 2. The number of benzene rings is 2. The number of esters is 1. The number of ether oxygens (including phenoxy) is 1. The van der Waals surface area contributed by atoms with E-state index in [-0.39, 0.29) is 26.9 Å². The molecule has 0 bridgehead atoms. The SMILES string of the molecule is Cc1ccc(C(=O)OCC(=O)Nc2cc([N+](=O)[O-])ccc2Cl)cc1S(=O)(=O)N1CCCCC1. The lowest BCUT2D eigenvalue weighted by Crippen LogP contribution is -2.36. The molecule has 0 atom stereocenters. The summed E-state index contributed by atoms with van der Waals surface area (Å²) in [7, 11) is -3.76. The van der Waals surface area contributed by atoms with E-state index in [1.807, 2.05) is 0 Å². The molecule has 0 spiro atoms. The number of carbonyl (C=O) groups excluding carboxylic acids is 2. The van der Waals surface area contributed by atoms with Gasteiger partial charge < -0.3 is 10.1 Å². The van der Waals surface area contributed by atoms with Crippen LogP contribution in [0.4, 0.5) is 11.4 Å². The van der Waals surface area contributed by atoms with Gasteiger partial charge in [0.05, 0.1) is 26.1 Å². The topological polar surface area (TPSA) is 136 Å². The average Bonchev–Trinajstić information content (AvgIpc) is 2.79. The molecule has 2 aromatic rings. The predicted molar refractivity (Wildman–Crippen MR) is 121 cm³/mol. The zero-order valence-electron chi connectivity index (χ0n) is 17.7. The van der Waals surface area contributed by atoms with Gasteiger partial charge in [-0.1, -0.05) is 24.1 Å². The lowest BCUT2D eigenvalue weighted by Gasteiger charge is -2.26. The van der Waals surface area contributed by atoms with Crippen molar-refractivity contribution in [1.29, 1.82) is 0 Å². The summed E-state index contributed by atoms with van der Waals surface area (Å²) < 4.78 is 32.4. The van der Waals surface area contributed by atoms with E-state index in [1.165, 1.54) is 34.6 Å². The highest BCUT2D eigenvalue weighted by Gasteiger charge is 2.28. The molecule has 2 aromatic carbocycles. The predicted octanol–water partition coefficient (Wildman–Crippen LogP) is 3.53. The van der Waals surface area contributed by atoms with Crippen molar-refractivity contribution in [2.75, 3.05) is 25.0 Å². The number of sulfonamides is 1. The van der Waals surface area contributed by atoms with E-state index in [4.69, 9.17) is 16.3 Å². The number of halogens is 1. The zero-order valence-corrected chi connectivity index (χ0v) is 19.3. The first kappa shape index (κ1) is 24.6. The third kappa shape index (κ3) is 5.86. The Labute approximate surface area is 195 Å². The summed E-state index contributed by atoms with van der Waals surface area (Å²) in [5.41, 5.74) is 0.207. The maximum absolute atomic E-state index is 13.0. The first-order valence-electron chi connectivity index (χ1n) is 10.1. The lowest BCUT2D eigenvalue weighted by molar-refractivity contribution is -0.384. The van der Waals surface area contributed by atoms with E-state index < -0.39 is 33.4 Å². The van der Waals surface area contributed by atoms with Gasteiger partial charge in [0.15, 0.2) is 6.61 Å². The number of nitrogens with one attached hydrogen (secondary N) is 1. The van der Waals surface area contributed by atoms with E-state index in [1.54, 1.807) is 6.92 Å². The van der Waals surface area contributed by atoms with Crippen LogP contribution in [0.1, 0.15) is 35.2 Å². The fraction of sp³-hybridized carbons (Fsp3) is 0.333. The van der Waals surface area contributed by atoms with Crippen molar-refractivity contribution in [3.05, 3.63) is 62.7 Å². The molecule has 0 radical (unpaired) electrons. The third-order valence-electron chi connectivity index (χ3n) is 5.13. The van der Waals surface area contributed by atoms with E-state index in [2.05, 4.69) is 5.32 Å². The molecule has 1 amide bonds. The lowest BCUT2D eigenvalue weighted by atomic mass is 10.1. The van der Waals surface area contributed by atoms with Crippen LogP contribution < -0.4 is 5.32 Å². The van der Waals surface area contributed by atoms with Crippen LogP contribution in [0.15, 0.2) is 41.3 Å². The fourth-order valence-corrected chi connectivity index (χ4v) is 5.31. The van der Waals surface area contributed by atoms with Crippen molar-refractivity contribution >= 4 is 44.9 Å². The molecule has 1 aliphatic rings. The molecule has 0 unspecified atom stereocenters. The van der Waals surface area contributed by atoms with Crippen LogP contribution in [-0.4, -0.2) is 49.2 Å². The second-order valence-corrected chi connectivity index (χ2v) is 9.80. The molecule has 10 nitrogen and oxygen atoms in total. The molecule has 1 saturated heterocycles. The van der Waals surface area contributed by atoms with Gasteiger partial charge in [-0.25, -0.2) is 13.2 Å². The van der Waals surface area contributed by atoms with Gasteiger partial charge in [-0.2, -0.15) is 4.31 Å². The van der Waals surface area contributed by atoms with Crippen LogP contribution in [0.25, 0.3) is 0 Å². The quantitative estimate of drug-likeness (QED) is 0.352. The summed E-state index contributed by atoms with van der Waals surface area (Å²) in [5, 5.41) is 13.3. The van der Waals surface area contributed by atoms with Gasteiger partial charge in [0, 0.05) is 25.2 Å². The summed E-state index contributed by atoms with van der Waals surface area (Å²) in [4.78, 5) is 34.9. The molecule has 1 heterocycles. The standard InChI is InChI=1S/C21H22ClN3O7S/c1-14-5-6-15(11-19(14)33(30,31)24-9-3-2-4-10-24)21(27)32-13-20(26)23-18-12-16(25(28)29)7-8-17(18)22/h5-8,11-12H,2-4,9-10,13H2,1H3,(H,23,26). The number of nitro benzene ring substituents is 1. The number of anilines is 1. The number of piperidine rings is 1. The van der Waals surface area contributed by atoms with Gasteiger partial charge in [0.25, 0.3) is 11.6 Å². The number of non-ortho nitro benzene ring substituents is 1. The summed E-state index contributed by atoms with van der Waals surface area (Å²) in [6.07, 6.45) is 2.54. The molecular formula is C21H22ClN3O7S. The minimum absolute atomic E-state index is 0.00263. The number of aryl methyl sites for hydroxylation is 1. The summed E-state index contributed by atoms with van der Waals surface area (Å²) >= 11 is 5.94. The second-order valence-electron chi connectivity index (χ2n) is 7.49. The zero-order chi connectivity index (χ0) is 24.2. The number of rotatable bonds is 7. The number of amides is 1. The highest BCUT2D eigenvalue weighted by Crippen LogP contribution is 2.27. The molecule has 1 aliphatic heterocycles. The van der Waals surface area contributed by atoms with Crippen molar-refractivity contribution in [2.45, 2.75) is 31.1 Å². The average molecular weight is 496 g/mol. The molecule has 33 heavy (non-hydrogen) atoms.